The molecule has 4 heteroatoms. The van der Waals surface area contributed by atoms with E-state index in [4.69, 9.17) is 16.3 Å². The van der Waals surface area contributed by atoms with Crippen LogP contribution >= 0.6 is 27.5 Å². The minimum absolute atomic E-state index is 0.478. The maximum Gasteiger partial charge on any atom is 0.0637 e. The lowest BCUT2D eigenvalue weighted by Crippen LogP contribution is -2.35. The van der Waals surface area contributed by atoms with Crippen molar-refractivity contribution in [2.45, 2.75) is 31.6 Å². The summed E-state index contributed by atoms with van der Waals surface area (Å²) in [6.07, 6.45) is 1.10. The second-order valence-corrected chi connectivity index (χ2v) is 5.32. The molecule has 0 radical (unpaired) electrons. The van der Waals surface area contributed by atoms with Gasteiger partial charge in [-0.3, -0.25) is 0 Å². The maximum absolute atomic E-state index is 6.27. The van der Waals surface area contributed by atoms with Crippen LogP contribution in [0.4, 0.5) is 5.69 Å². The number of rotatable bonds is 7. The summed E-state index contributed by atoms with van der Waals surface area (Å²) < 4.78 is 5.18. The van der Waals surface area contributed by atoms with Crippen molar-refractivity contribution in [3.8, 4) is 0 Å². The van der Waals surface area contributed by atoms with Crippen molar-refractivity contribution in [3.63, 3.8) is 0 Å². The molecule has 0 spiro atoms. The number of halogens is 2. The topological polar surface area (TPSA) is 12.5 Å². The van der Waals surface area contributed by atoms with Gasteiger partial charge in [0.25, 0.3) is 0 Å². The average Bonchev–Trinajstić information content (AvgIpc) is 2.39. The monoisotopic (exact) mass is 333 g/mol. The lowest BCUT2D eigenvalue weighted by Gasteiger charge is -2.31. The van der Waals surface area contributed by atoms with Gasteiger partial charge in [0.1, 0.15) is 0 Å². The molecule has 1 aromatic rings. The van der Waals surface area contributed by atoms with E-state index in [1.807, 2.05) is 6.07 Å². The van der Waals surface area contributed by atoms with E-state index in [1.54, 1.807) is 7.11 Å². The van der Waals surface area contributed by atoms with Crippen molar-refractivity contribution in [2.75, 3.05) is 25.2 Å². The molecular formula is C14H21BrClNO. The lowest BCUT2D eigenvalue weighted by atomic mass is 10.1. The molecule has 1 unspecified atom stereocenters. The predicted molar refractivity (Wildman–Crippen MR) is 83.1 cm³/mol. The van der Waals surface area contributed by atoms with E-state index in [9.17, 15) is 0 Å². The Kier molecular flexibility index (Phi) is 7.05. The zero-order valence-corrected chi connectivity index (χ0v) is 13.6. The summed E-state index contributed by atoms with van der Waals surface area (Å²) in [6, 6.07) is 6.73. The summed E-state index contributed by atoms with van der Waals surface area (Å²) in [5.74, 6) is 0. The van der Waals surface area contributed by atoms with Gasteiger partial charge in [-0.15, -0.1) is 0 Å². The Hall–Kier alpha value is -0.250. The molecule has 1 rings (SSSR count). The lowest BCUT2D eigenvalue weighted by molar-refractivity contribution is 0.203. The minimum Gasteiger partial charge on any atom is -0.383 e. The number of hydrogen-bond acceptors (Lipinski definition) is 2. The molecule has 1 aromatic carbocycles. The van der Waals surface area contributed by atoms with E-state index in [0.717, 1.165) is 41.2 Å². The number of benzene rings is 1. The molecule has 102 valence electrons. The van der Waals surface area contributed by atoms with E-state index in [1.165, 1.54) is 0 Å². The van der Waals surface area contributed by atoms with Gasteiger partial charge in [0.05, 0.1) is 6.61 Å². The van der Waals surface area contributed by atoms with Crippen LogP contribution in [0.25, 0.3) is 0 Å². The van der Waals surface area contributed by atoms with Crippen LogP contribution in [0.1, 0.15) is 25.8 Å². The summed E-state index contributed by atoms with van der Waals surface area (Å²) in [5, 5.41) is 1.60. The Bertz CT molecular complexity index is 373. The van der Waals surface area contributed by atoms with Gasteiger partial charge in [-0.1, -0.05) is 40.5 Å². The molecule has 0 saturated heterocycles. The van der Waals surface area contributed by atoms with Gasteiger partial charge in [0.15, 0.2) is 0 Å². The Labute approximate surface area is 123 Å². The van der Waals surface area contributed by atoms with Crippen molar-refractivity contribution in [1.82, 2.24) is 0 Å². The number of ether oxygens (including phenoxy) is 1. The van der Waals surface area contributed by atoms with Crippen LogP contribution in [-0.2, 0) is 10.1 Å². The molecule has 0 N–H and O–H groups in total. The number of methoxy groups -OCH3 is 1. The molecular weight excluding hydrogens is 314 g/mol. The van der Waals surface area contributed by atoms with Gasteiger partial charge >= 0.3 is 0 Å². The fourth-order valence-electron chi connectivity index (χ4n) is 1.84. The van der Waals surface area contributed by atoms with Crippen molar-refractivity contribution in [3.05, 3.63) is 28.8 Å². The summed E-state index contributed by atoms with van der Waals surface area (Å²) >= 11 is 9.70. The fraction of sp³-hybridized carbons (Fsp3) is 0.571. The number of anilines is 1. The van der Waals surface area contributed by atoms with Gasteiger partial charge in [0, 0.05) is 35.7 Å². The standard InChI is InChI=1S/C14H21BrClNO/c1-4-11(2)17(7-8-18-3)13-6-5-12(10-15)14(16)9-13/h5-6,9,11H,4,7-8,10H2,1-3H3. The minimum atomic E-state index is 0.478. The number of alkyl halides is 1. The first-order chi connectivity index (χ1) is 8.63. The predicted octanol–water partition coefficient (Wildman–Crippen LogP) is 4.49. The molecule has 0 fully saturated rings. The highest BCUT2D eigenvalue weighted by Gasteiger charge is 2.13. The van der Waals surface area contributed by atoms with Gasteiger partial charge < -0.3 is 9.64 Å². The Morgan fingerprint density at radius 2 is 2.17 bits per heavy atom. The second-order valence-electron chi connectivity index (χ2n) is 4.35. The zero-order chi connectivity index (χ0) is 13.5. The molecule has 0 aliphatic carbocycles. The maximum atomic E-state index is 6.27. The molecule has 0 aromatic heterocycles. The first-order valence-electron chi connectivity index (χ1n) is 6.24. The average molecular weight is 335 g/mol. The first kappa shape index (κ1) is 15.8. The van der Waals surface area contributed by atoms with E-state index in [-0.39, 0.29) is 0 Å². The van der Waals surface area contributed by atoms with Crippen LogP contribution in [0.5, 0.6) is 0 Å². The quantitative estimate of drug-likeness (QED) is 0.681. The van der Waals surface area contributed by atoms with E-state index in [0.29, 0.717) is 6.04 Å². The van der Waals surface area contributed by atoms with Gasteiger partial charge in [-0.2, -0.15) is 0 Å². The smallest absolute Gasteiger partial charge is 0.0637 e. The highest BCUT2D eigenvalue weighted by Crippen LogP contribution is 2.26. The summed E-state index contributed by atoms with van der Waals surface area (Å²) in [6.45, 7) is 6.03. The van der Waals surface area contributed by atoms with Crippen LogP contribution in [0.3, 0.4) is 0 Å². The van der Waals surface area contributed by atoms with Crippen molar-refractivity contribution >= 4 is 33.2 Å². The van der Waals surface area contributed by atoms with Crippen molar-refractivity contribution in [1.29, 1.82) is 0 Å². The van der Waals surface area contributed by atoms with E-state index in [2.05, 4.69) is 46.8 Å². The molecule has 2 nitrogen and oxygen atoms in total. The highest BCUT2D eigenvalue weighted by molar-refractivity contribution is 9.08. The van der Waals surface area contributed by atoms with Gasteiger partial charge in [-0.25, -0.2) is 0 Å². The van der Waals surface area contributed by atoms with Crippen LogP contribution < -0.4 is 4.90 Å². The third-order valence-electron chi connectivity index (χ3n) is 3.17. The zero-order valence-electron chi connectivity index (χ0n) is 11.2. The van der Waals surface area contributed by atoms with Crippen molar-refractivity contribution < 1.29 is 4.74 Å². The van der Waals surface area contributed by atoms with E-state index < -0.39 is 0 Å². The third kappa shape index (κ3) is 4.15. The highest BCUT2D eigenvalue weighted by atomic mass is 79.9. The van der Waals surface area contributed by atoms with Gasteiger partial charge in [-0.05, 0) is 31.0 Å². The fourth-order valence-corrected chi connectivity index (χ4v) is 2.73. The van der Waals surface area contributed by atoms with Crippen LogP contribution in [0.2, 0.25) is 5.02 Å². The molecule has 0 heterocycles. The summed E-state index contributed by atoms with van der Waals surface area (Å²) in [4.78, 5) is 2.34. The summed E-state index contributed by atoms with van der Waals surface area (Å²) in [7, 11) is 1.73. The SMILES string of the molecule is CCC(C)N(CCOC)c1ccc(CBr)c(Cl)c1. The largest absolute Gasteiger partial charge is 0.383 e. The van der Waals surface area contributed by atoms with Gasteiger partial charge in [0.2, 0.25) is 0 Å². The van der Waals surface area contributed by atoms with Crippen LogP contribution in [-0.4, -0.2) is 26.3 Å². The summed E-state index contributed by atoms with van der Waals surface area (Å²) in [5.41, 5.74) is 2.28. The molecule has 0 aliphatic heterocycles. The molecule has 0 saturated carbocycles. The van der Waals surface area contributed by atoms with Crippen molar-refractivity contribution in [2.24, 2.45) is 0 Å². The Balaban J connectivity index is 2.93. The second kappa shape index (κ2) is 8.03. The van der Waals surface area contributed by atoms with E-state index >= 15 is 0 Å². The van der Waals surface area contributed by atoms with Crippen LogP contribution in [0, 0.1) is 0 Å². The molecule has 0 amide bonds. The Morgan fingerprint density at radius 1 is 1.44 bits per heavy atom. The Morgan fingerprint density at radius 3 is 2.67 bits per heavy atom. The molecule has 0 bridgehead atoms. The normalized spacial score (nSPS) is 12.5. The van der Waals surface area contributed by atoms with Crippen LogP contribution in [0.15, 0.2) is 18.2 Å². The number of hydrogen-bond donors (Lipinski definition) is 0. The third-order valence-corrected chi connectivity index (χ3v) is 4.13. The number of nitrogens with zero attached hydrogens (tertiary/aromatic N) is 1. The molecule has 1 atom stereocenters. The first-order valence-corrected chi connectivity index (χ1v) is 7.73. The molecule has 18 heavy (non-hydrogen) atoms. The molecule has 0 aliphatic rings.